The molecule has 0 amide bonds. The largest absolute Gasteiger partial charge is 0.465 e. The van der Waals surface area contributed by atoms with Crippen LogP contribution in [-0.4, -0.2) is 18.8 Å². The van der Waals surface area contributed by atoms with Gasteiger partial charge in [0.05, 0.1) is 26.9 Å². The monoisotopic (exact) mass is 463 g/mol. The maximum atomic E-state index is 12.2. The van der Waals surface area contributed by atoms with Crippen molar-refractivity contribution < 1.29 is 14.4 Å². The van der Waals surface area contributed by atoms with Gasteiger partial charge in [0.15, 0.2) is 5.60 Å². The van der Waals surface area contributed by atoms with E-state index in [0.717, 1.165) is 46.7 Å². The molecule has 1 aliphatic carbocycles. The number of fused-ring (bicyclic) bond motifs is 1. The second kappa shape index (κ2) is 7.23. The third kappa shape index (κ3) is 3.19. The zero-order valence-corrected chi connectivity index (χ0v) is 18.6. The number of hydrogen-bond donors (Lipinski definition) is 0. The van der Waals surface area contributed by atoms with Crippen LogP contribution in [0.25, 0.3) is 0 Å². The Labute approximate surface area is 180 Å². The van der Waals surface area contributed by atoms with Crippen LogP contribution in [0.5, 0.6) is 0 Å². The van der Waals surface area contributed by atoms with E-state index in [1.54, 1.807) is 0 Å². The summed E-state index contributed by atoms with van der Waals surface area (Å²) in [4.78, 5) is 20.5. The van der Waals surface area contributed by atoms with Crippen molar-refractivity contribution in [3.8, 4) is 0 Å². The summed E-state index contributed by atoms with van der Waals surface area (Å²) in [5.74, 6) is -0.286. The zero-order chi connectivity index (χ0) is 19.3. The average molecular weight is 465 g/mol. The van der Waals surface area contributed by atoms with Crippen LogP contribution in [0.3, 0.4) is 0 Å². The number of thiophene rings is 2. The third-order valence-corrected chi connectivity index (χ3v) is 9.07. The lowest BCUT2D eigenvalue weighted by atomic mass is 9.89. The molecule has 0 N–H and O–H groups in total. The highest BCUT2D eigenvalue weighted by atomic mass is 35.5. The first-order valence-corrected chi connectivity index (χ1v) is 11.2. The Bertz CT molecular complexity index is 966. The van der Waals surface area contributed by atoms with Gasteiger partial charge in [0.1, 0.15) is 14.9 Å². The van der Waals surface area contributed by atoms with Gasteiger partial charge in [0.2, 0.25) is 0 Å². The van der Waals surface area contributed by atoms with Gasteiger partial charge in [-0.1, -0.05) is 40.0 Å². The van der Waals surface area contributed by atoms with Gasteiger partial charge in [-0.2, -0.15) is 0 Å². The van der Waals surface area contributed by atoms with Crippen LogP contribution in [0.1, 0.15) is 56.7 Å². The Balaban J connectivity index is 1.71. The molecule has 0 aromatic carbocycles. The number of nitrogens with zero attached hydrogens (tertiary/aromatic N) is 1. The number of methoxy groups -OCH3 is 1. The molecule has 0 radical (unpaired) electrons. The van der Waals surface area contributed by atoms with Crippen LogP contribution in [0.2, 0.25) is 14.4 Å². The van der Waals surface area contributed by atoms with E-state index in [4.69, 9.17) is 44.4 Å². The number of ether oxygens (including phenoxy) is 1. The molecule has 9 heteroatoms. The van der Waals surface area contributed by atoms with Gasteiger partial charge in [-0.15, -0.1) is 22.7 Å². The van der Waals surface area contributed by atoms with Gasteiger partial charge < -0.3 is 9.57 Å². The SMILES string of the molecule is COC(=O)c1sc(C2=NOC(C)(c3sc(Cl)c(Cl)c3Cl)C2)c2c1CCCC2. The minimum Gasteiger partial charge on any atom is -0.465 e. The maximum Gasteiger partial charge on any atom is 0.348 e. The molecule has 4 rings (SSSR count). The molecule has 0 bridgehead atoms. The lowest BCUT2D eigenvalue weighted by molar-refractivity contribution is -0.00439. The lowest BCUT2D eigenvalue weighted by Gasteiger charge is -2.20. The average Bonchev–Trinajstić information content (AvgIpc) is 3.32. The van der Waals surface area contributed by atoms with Gasteiger partial charge in [-0.05, 0) is 43.7 Å². The molecule has 1 atom stereocenters. The Morgan fingerprint density at radius 1 is 1.15 bits per heavy atom. The molecular formula is C18H16Cl3NO3S2. The summed E-state index contributed by atoms with van der Waals surface area (Å²) in [6.45, 7) is 1.93. The van der Waals surface area contributed by atoms with E-state index in [1.165, 1.54) is 35.3 Å². The molecule has 0 saturated heterocycles. The third-order valence-electron chi connectivity index (χ3n) is 4.95. The van der Waals surface area contributed by atoms with Gasteiger partial charge in [0, 0.05) is 6.42 Å². The van der Waals surface area contributed by atoms with E-state index in [2.05, 4.69) is 5.16 Å². The molecule has 1 aliphatic heterocycles. The summed E-state index contributed by atoms with van der Waals surface area (Å²) in [5, 5.41) is 5.12. The standard InChI is InChI=1S/C18H16Cl3NO3S2/c1-18(15-11(19)12(20)16(21)27-15)7-10(22-25-18)13-8-5-3-4-6-9(8)14(26-13)17(23)24-2/h3-7H2,1-2H3. The highest BCUT2D eigenvalue weighted by Crippen LogP contribution is 2.50. The van der Waals surface area contributed by atoms with Crippen molar-refractivity contribution in [1.29, 1.82) is 0 Å². The molecule has 2 aromatic heterocycles. The molecular weight excluding hydrogens is 449 g/mol. The van der Waals surface area contributed by atoms with Crippen LogP contribution in [-0.2, 0) is 28.0 Å². The summed E-state index contributed by atoms with van der Waals surface area (Å²) < 4.78 is 5.42. The van der Waals surface area contributed by atoms with Crippen molar-refractivity contribution in [3.05, 3.63) is 40.1 Å². The molecule has 0 fully saturated rings. The molecule has 27 heavy (non-hydrogen) atoms. The topological polar surface area (TPSA) is 47.9 Å². The van der Waals surface area contributed by atoms with Crippen molar-refractivity contribution in [2.45, 2.75) is 44.6 Å². The molecule has 0 saturated carbocycles. The zero-order valence-electron chi connectivity index (χ0n) is 14.7. The lowest BCUT2D eigenvalue weighted by Crippen LogP contribution is -2.21. The van der Waals surface area contributed by atoms with Crippen LogP contribution in [0.4, 0.5) is 0 Å². The smallest absolute Gasteiger partial charge is 0.348 e. The Hall–Kier alpha value is -0.790. The number of hydrogen-bond acceptors (Lipinski definition) is 6. The molecule has 2 aromatic rings. The first kappa shape index (κ1) is 19.5. The maximum absolute atomic E-state index is 12.2. The Morgan fingerprint density at radius 3 is 2.48 bits per heavy atom. The van der Waals surface area contributed by atoms with Crippen molar-refractivity contribution in [2.24, 2.45) is 5.16 Å². The molecule has 1 unspecified atom stereocenters. The minimum absolute atomic E-state index is 0.286. The number of carbonyl (C=O) groups excluding carboxylic acids is 1. The van der Waals surface area contributed by atoms with Crippen molar-refractivity contribution in [2.75, 3.05) is 7.11 Å². The van der Waals surface area contributed by atoms with E-state index < -0.39 is 5.60 Å². The number of halogens is 3. The molecule has 2 aliphatic rings. The number of esters is 1. The first-order valence-electron chi connectivity index (χ1n) is 8.47. The molecule has 0 spiro atoms. The Kier molecular flexibility index (Phi) is 5.23. The summed E-state index contributed by atoms with van der Waals surface area (Å²) in [6.07, 6.45) is 4.54. The quantitative estimate of drug-likeness (QED) is 0.489. The van der Waals surface area contributed by atoms with Gasteiger partial charge in [-0.3, -0.25) is 0 Å². The van der Waals surface area contributed by atoms with Crippen LogP contribution < -0.4 is 0 Å². The molecule has 144 valence electrons. The van der Waals surface area contributed by atoms with E-state index in [-0.39, 0.29) is 5.97 Å². The van der Waals surface area contributed by atoms with Crippen LogP contribution in [0, 0.1) is 0 Å². The summed E-state index contributed by atoms with van der Waals surface area (Å²) >= 11 is 21.4. The first-order chi connectivity index (χ1) is 12.9. The number of rotatable bonds is 3. The summed E-state index contributed by atoms with van der Waals surface area (Å²) in [7, 11) is 1.41. The summed E-state index contributed by atoms with van der Waals surface area (Å²) in [6, 6.07) is 0. The van der Waals surface area contributed by atoms with Crippen LogP contribution in [0.15, 0.2) is 5.16 Å². The second-order valence-electron chi connectivity index (χ2n) is 6.79. The second-order valence-corrected chi connectivity index (χ2v) is 10.2. The predicted molar refractivity (Wildman–Crippen MR) is 111 cm³/mol. The minimum atomic E-state index is -0.731. The van der Waals surface area contributed by atoms with Gasteiger partial charge in [0.25, 0.3) is 0 Å². The highest BCUT2D eigenvalue weighted by Gasteiger charge is 2.42. The normalized spacial score (nSPS) is 21.6. The van der Waals surface area contributed by atoms with E-state index in [1.807, 2.05) is 6.92 Å². The highest BCUT2D eigenvalue weighted by molar-refractivity contribution is 7.18. The molecule has 3 heterocycles. The van der Waals surface area contributed by atoms with Gasteiger partial charge >= 0.3 is 5.97 Å². The number of oxime groups is 1. The van der Waals surface area contributed by atoms with Crippen molar-refractivity contribution in [3.63, 3.8) is 0 Å². The fourth-order valence-electron chi connectivity index (χ4n) is 3.61. The van der Waals surface area contributed by atoms with E-state index >= 15 is 0 Å². The van der Waals surface area contributed by atoms with Crippen molar-refractivity contribution >= 4 is 69.2 Å². The van der Waals surface area contributed by atoms with E-state index in [0.29, 0.717) is 25.7 Å². The van der Waals surface area contributed by atoms with Gasteiger partial charge in [-0.25, -0.2) is 4.79 Å². The van der Waals surface area contributed by atoms with E-state index in [9.17, 15) is 4.79 Å². The van der Waals surface area contributed by atoms with Crippen LogP contribution >= 0.6 is 57.5 Å². The Morgan fingerprint density at radius 2 is 1.85 bits per heavy atom. The fourth-order valence-corrected chi connectivity index (χ4v) is 6.90. The number of carbonyl (C=O) groups is 1. The summed E-state index contributed by atoms with van der Waals surface area (Å²) in [5.41, 5.74) is 2.40. The molecule has 4 nitrogen and oxygen atoms in total. The fraction of sp³-hybridized carbons (Fsp3) is 0.444. The van der Waals surface area contributed by atoms with Crippen molar-refractivity contribution in [1.82, 2.24) is 0 Å². The predicted octanol–water partition coefficient (Wildman–Crippen LogP) is 6.48.